The average molecular weight is 314 g/mol. The van der Waals surface area contributed by atoms with Crippen molar-refractivity contribution in [2.45, 2.75) is 6.92 Å². The molecule has 0 aliphatic carbocycles. The summed E-state index contributed by atoms with van der Waals surface area (Å²) in [5.41, 5.74) is 0.807. The third-order valence-corrected chi connectivity index (χ3v) is 3.10. The lowest BCUT2D eigenvalue weighted by Crippen LogP contribution is -2.34. The zero-order valence-corrected chi connectivity index (χ0v) is 12.5. The highest BCUT2D eigenvalue weighted by atomic mass is 79.9. The van der Waals surface area contributed by atoms with Crippen LogP contribution in [0.15, 0.2) is 28.7 Å². The van der Waals surface area contributed by atoms with Gasteiger partial charge in [-0.25, -0.2) is 0 Å². The van der Waals surface area contributed by atoms with Crippen LogP contribution < -0.4 is 10.6 Å². The Bertz CT molecular complexity index is 384. The van der Waals surface area contributed by atoms with Crippen molar-refractivity contribution in [2.75, 3.05) is 38.5 Å². The number of nitrogens with zero attached hydrogens (tertiary/aromatic N) is 1. The summed E-state index contributed by atoms with van der Waals surface area (Å²) in [6.45, 7) is 5.23. The molecule has 0 aliphatic heterocycles. The molecule has 0 saturated carbocycles. The van der Waals surface area contributed by atoms with Crippen molar-refractivity contribution in [1.82, 2.24) is 10.2 Å². The highest BCUT2D eigenvalue weighted by Crippen LogP contribution is 2.15. The number of likely N-dealkylation sites (N-methyl/N-ethyl adjacent to an activating group) is 1. The Morgan fingerprint density at radius 1 is 1.44 bits per heavy atom. The van der Waals surface area contributed by atoms with Crippen molar-refractivity contribution in [1.29, 1.82) is 0 Å². The summed E-state index contributed by atoms with van der Waals surface area (Å²) in [6, 6.07) is 7.56. The van der Waals surface area contributed by atoms with E-state index in [9.17, 15) is 4.79 Å². The van der Waals surface area contributed by atoms with Crippen molar-refractivity contribution in [3.8, 4) is 0 Å². The van der Waals surface area contributed by atoms with Gasteiger partial charge in [0.15, 0.2) is 0 Å². The van der Waals surface area contributed by atoms with Crippen molar-refractivity contribution in [2.24, 2.45) is 0 Å². The van der Waals surface area contributed by atoms with Gasteiger partial charge in [0, 0.05) is 23.2 Å². The maximum Gasteiger partial charge on any atom is 0.238 e. The Hall–Kier alpha value is -0.910. The fraction of sp³-hybridized carbons (Fsp3) is 0.462. The van der Waals surface area contributed by atoms with Crippen molar-refractivity contribution in [3.63, 3.8) is 0 Å². The third kappa shape index (κ3) is 6.14. The lowest BCUT2D eigenvalue weighted by molar-refractivity contribution is -0.115. The Balaban J connectivity index is 2.22. The van der Waals surface area contributed by atoms with Crippen molar-refractivity contribution >= 4 is 27.5 Å². The van der Waals surface area contributed by atoms with E-state index in [0.29, 0.717) is 6.54 Å². The fourth-order valence-corrected chi connectivity index (χ4v) is 1.80. The number of hydrogen-bond acceptors (Lipinski definition) is 3. The number of benzene rings is 1. The van der Waals surface area contributed by atoms with E-state index in [2.05, 4.69) is 45.4 Å². The predicted molar refractivity (Wildman–Crippen MR) is 78.8 cm³/mol. The van der Waals surface area contributed by atoms with Gasteiger partial charge in [0.2, 0.25) is 5.91 Å². The fourth-order valence-electron chi connectivity index (χ4n) is 1.40. The van der Waals surface area contributed by atoms with Gasteiger partial charge in [0.05, 0.1) is 6.54 Å². The molecule has 0 heterocycles. The highest BCUT2D eigenvalue weighted by molar-refractivity contribution is 9.10. The van der Waals surface area contributed by atoms with Gasteiger partial charge in [-0.3, -0.25) is 4.79 Å². The smallest absolute Gasteiger partial charge is 0.238 e. The van der Waals surface area contributed by atoms with E-state index in [1.165, 1.54) is 0 Å². The second-order valence-corrected chi connectivity index (χ2v) is 5.05. The van der Waals surface area contributed by atoms with E-state index in [4.69, 9.17) is 0 Å². The molecule has 0 aromatic heterocycles. The summed E-state index contributed by atoms with van der Waals surface area (Å²) in [5, 5.41) is 5.96. The average Bonchev–Trinajstić information content (AvgIpc) is 2.34. The number of halogens is 1. The minimum Gasteiger partial charge on any atom is -0.325 e. The zero-order valence-electron chi connectivity index (χ0n) is 10.9. The lowest BCUT2D eigenvalue weighted by atomic mass is 10.3. The van der Waals surface area contributed by atoms with E-state index < -0.39 is 0 Å². The Morgan fingerprint density at radius 3 is 2.89 bits per heavy atom. The molecule has 1 rings (SSSR count). The van der Waals surface area contributed by atoms with Crippen LogP contribution in [0.25, 0.3) is 0 Å². The molecule has 0 bridgehead atoms. The van der Waals surface area contributed by atoms with E-state index in [1.54, 1.807) is 0 Å². The van der Waals surface area contributed by atoms with Crippen LogP contribution in [0.5, 0.6) is 0 Å². The lowest BCUT2D eigenvalue weighted by Gasteiger charge is -2.13. The van der Waals surface area contributed by atoms with Crippen LogP contribution in [0.4, 0.5) is 5.69 Å². The summed E-state index contributed by atoms with van der Waals surface area (Å²) in [5.74, 6) is -0.0211. The number of anilines is 1. The maximum absolute atomic E-state index is 11.6. The molecule has 2 N–H and O–H groups in total. The van der Waals surface area contributed by atoms with Gasteiger partial charge in [-0.05, 0) is 31.8 Å². The van der Waals surface area contributed by atoms with Gasteiger partial charge in [-0.1, -0.05) is 28.9 Å². The number of carbonyl (C=O) groups is 1. The minimum atomic E-state index is -0.0211. The highest BCUT2D eigenvalue weighted by Gasteiger charge is 2.02. The summed E-state index contributed by atoms with van der Waals surface area (Å²) >= 11 is 3.37. The van der Waals surface area contributed by atoms with Crippen LogP contribution >= 0.6 is 15.9 Å². The molecule has 0 spiro atoms. The van der Waals surface area contributed by atoms with Gasteiger partial charge in [-0.15, -0.1) is 0 Å². The number of hydrogen-bond donors (Lipinski definition) is 2. The molecule has 0 fully saturated rings. The van der Waals surface area contributed by atoms with Gasteiger partial charge in [0.1, 0.15) is 0 Å². The Morgan fingerprint density at radius 2 is 2.22 bits per heavy atom. The largest absolute Gasteiger partial charge is 0.325 e. The van der Waals surface area contributed by atoms with E-state index in [-0.39, 0.29) is 5.91 Å². The monoisotopic (exact) mass is 313 g/mol. The first kappa shape index (κ1) is 15.1. The third-order valence-electron chi connectivity index (χ3n) is 2.60. The standard InChI is InChI=1S/C13H20BrN3O/c1-3-17(2)8-7-15-10-13(18)16-12-6-4-5-11(14)9-12/h4-6,9,15H,3,7-8,10H2,1-2H3,(H,16,18). The number of amides is 1. The van der Waals surface area contributed by atoms with Crippen LogP contribution in [0.3, 0.4) is 0 Å². The normalized spacial score (nSPS) is 10.7. The molecular formula is C13H20BrN3O. The first-order chi connectivity index (χ1) is 8.61. The van der Waals surface area contributed by atoms with Crippen LogP contribution in [0.1, 0.15) is 6.92 Å². The maximum atomic E-state index is 11.6. The SMILES string of the molecule is CCN(C)CCNCC(=O)Nc1cccc(Br)c1. The summed E-state index contributed by atoms with van der Waals surface area (Å²) < 4.78 is 0.956. The van der Waals surface area contributed by atoms with Crippen LogP contribution in [0, 0.1) is 0 Å². The van der Waals surface area contributed by atoms with Gasteiger partial charge in [0.25, 0.3) is 0 Å². The number of nitrogens with one attached hydrogen (secondary N) is 2. The molecule has 1 amide bonds. The minimum absolute atomic E-state index is 0.0211. The van der Waals surface area contributed by atoms with Gasteiger partial charge < -0.3 is 15.5 Å². The van der Waals surface area contributed by atoms with Crippen LogP contribution in [-0.4, -0.2) is 44.0 Å². The first-order valence-corrected chi connectivity index (χ1v) is 6.85. The summed E-state index contributed by atoms with van der Waals surface area (Å²) in [4.78, 5) is 13.8. The molecular weight excluding hydrogens is 294 g/mol. The van der Waals surface area contributed by atoms with E-state index in [0.717, 1.165) is 29.8 Å². The van der Waals surface area contributed by atoms with E-state index >= 15 is 0 Å². The zero-order chi connectivity index (χ0) is 13.4. The first-order valence-electron chi connectivity index (χ1n) is 6.06. The molecule has 1 aromatic rings. The quantitative estimate of drug-likeness (QED) is 0.756. The van der Waals surface area contributed by atoms with Crippen molar-refractivity contribution in [3.05, 3.63) is 28.7 Å². The molecule has 18 heavy (non-hydrogen) atoms. The molecule has 0 radical (unpaired) electrons. The molecule has 0 aliphatic rings. The molecule has 0 unspecified atom stereocenters. The molecule has 100 valence electrons. The molecule has 5 heteroatoms. The molecule has 4 nitrogen and oxygen atoms in total. The number of rotatable bonds is 7. The predicted octanol–water partition coefficient (Wildman–Crippen LogP) is 1.93. The topological polar surface area (TPSA) is 44.4 Å². The molecule has 0 saturated heterocycles. The molecule has 1 aromatic carbocycles. The van der Waals surface area contributed by atoms with Crippen LogP contribution in [0.2, 0.25) is 0 Å². The van der Waals surface area contributed by atoms with Gasteiger partial charge in [-0.2, -0.15) is 0 Å². The Labute approximate surface area is 117 Å². The second-order valence-electron chi connectivity index (χ2n) is 4.13. The Kier molecular flexibility index (Phi) is 6.93. The summed E-state index contributed by atoms with van der Waals surface area (Å²) in [6.07, 6.45) is 0. The summed E-state index contributed by atoms with van der Waals surface area (Å²) in [7, 11) is 2.06. The van der Waals surface area contributed by atoms with Crippen molar-refractivity contribution < 1.29 is 4.79 Å². The number of carbonyl (C=O) groups excluding carboxylic acids is 1. The second kappa shape index (κ2) is 8.24. The molecule has 0 atom stereocenters. The van der Waals surface area contributed by atoms with Crippen LogP contribution in [-0.2, 0) is 4.79 Å². The van der Waals surface area contributed by atoms with Gasteiger partial charge >= 0.3 is 0 Å². The van der Waals surface area contributed by atoms with E-state index in [1.807, 2.05) is 24.3 Å².